The van der Waals surface area contributed by atoms with E-state index in [2.05, 4.69) is 53.6 Å². The average Bonchev–Trinajstić information content (AvgIpc) is 3.19. The largest absolute Gasteiger partial charge is 0.442 e. The van der Waals surface area contributed by atoms with E-state index in [1.54, 1.807) is 12.1 Å². The zero-order valence-electron chi connectivity index (χ0n) is 20.0. The zero-order valence-corrected chi connectivity index (χ0v) is 20.0. The maximum Gasteiger partial charge on any atom is 0.414 e. The number of cyclic esters (lactones) is 1. The SMILES string of the molecule is CC(=O)NC[C@H]1CN(c2ccc(N3CCC(Nc4ccc(C(C)C)cc4)CC3)c(F)c2)C(=O)O1. The van der Waals surface area contributed by atoms with Gasteiger partial charge in [0.15, 0.2) is 0 Å². The lowest BCUT2D eigenvalue weighted by Crippen LogP contribution is -2.39. The van der Waals surface area contributed by atoms with Crippen LogP contribution in [-0.4, -0.2) is 50.3 Å². The van der Waals surface area contributed by atoms with Crippen LogP contribution >= 0.6 is 0 Å². The maximum absolute atomic E-state index is 15.0. The Hall–Kier alpha value is -3.29. The molecule has 0 radical (unpaired) electrons. The molecule has 2 aromatic rings. The van der Waals surface area contributed by atoms with Crippen LogP contribution in [0.1, 0.15) is 45.1 Å². The van der Waals surface area contributed by atoms with Gasteiger partial charge in [0.1, 0.15) is 11.9 Å². The van der Waals surface area contributed by atoms with E-state index in [9.17, 15) is 9.59 Å². The molecule has 2 aliphatic heterocycles. The first-order chi connectivity index (χ1) is 16.3. The van der Waals surface area contributed by atoms with Crippen LogP contribution in [0.15, 0.2) is 42.5 Å². The number of amides is 2. The maximum atomic E-state index is 15.0. The van der Waals surface area contributed by atoms with Gasteiger partial charge >= 0.3 is 6.09 Å². The van der Waals surface area contributed by atoms with Crippen molar-refractivity contribution < 1.29 is 18.7 Å². The molecule has 2 heterocycles. The fourth-order valence-corrected chi connectivity index (χ4v) is 4.48. The van der Waals surface area contributed by atoms with Gasteiger partial charge in [-0.25, -0.2) is 9.18 Å². The van der Waals surface area contributed by atoms with Crippen molar-refractivity contribution in [1.82, 2.24) is 5.32 Å². The molecule has 2 aromatic carbocycles. The predicted octanol–water partition coefficient (Wildman–Crippen LogP) is 4.49. The summed E-state index contributed by atoms with van der Waals surface area (Å²) in [7, 11) is 0. The van der Waals surface area contributed by atoms with Gasteiger partial charge in [-0.1, -0.05) is 26.0 Å². The van der Waals surface area contributed by atoms with Gasteiger partial charge in [-0.2, -0.15) is 0 Å². The number of carbonyl (C=O) groups excluding carboxylic acids is 2. The molecule has 34 heavy (non-hydrogen) atoms. The Balaban J connectivity index is 1.32. The van der Waals surface area contributed by atoms with Crippen LogP contribution in [0.2, 0.25) is 0 Å². The van der Waals surface area contributed by atoms with Crippen LogP contribution in [0.4, 0.5) is 26.2 Å². The number of hydrogen-bond acceptors (Lipinski definition) is 5. The predicted molar refractivity (Wildman–Crippen MR) is 132 cm³/mol. The highest BCUT2D eigenvalue weighted by atomic mass is 19.1. The third-order valence-corrected chi connectivity index (χ3v) is 6.48. The van der Waals surface area contributed by atoms with Gasteiger partial charge in [0, 0.05) is 31.7 Å². The number of carbonyl (C=O) groups is 2. The van der Waals surface area contributed by atoms with Crippen molar-refractivity contribution in [1.29, 1.82) is 0 Å². The topological polar surface area (TPSA) is 73.9 Å². The lowest BCUT2D eigenvalue weighted by molar-refractivity contribution is -0.119. The highest BCUT2D eigenvalue weighted by Crippen LogP contribution is 2.30. The summed E-state index contributed by atoms with van der Waals surface area (Å²) in [4.78, 5) is 26.8. The third kappa shape index (κ3) is 5.61. The van der Waals surface area contributed by atoms with E-state index in [1.165, 1.54) is 23.5 Å². The quantitative estimate of drug-likeness (QED) is 0.626. The molecule has 182 valence electrons. The molecule has 8 heteroatoms. The van der Waals surface area contributed by atoms with Crippen LogP contribution in [0, 0.1) is 5.82 Å². The number of nitrogens with one attached hydrogen (secondary N) is 2. The van der Waals surface area contributed by atoms with Crippen LogP contribution in [0.25, 0.3) is 0 Å². The summed E-state index contributed by atoms with van der Waals surface area (Å²) >= 11 is 0. The summed E-state index contributed by atoms with van der Waals surface area (Å²) in [6.07, 6.45) is 0.843. The highest BCUT2D eigenvalue weighted by Gasteiger charge is 2.33. The number of ether oxygens (including phenoxy) is 1. The number of piperidine rings is 1. The van der Waals surface area contributed by atoms with E-state index in [1.807, 2.05) is 0 Å². The summed E-state index contributed by atoms with van der Waals surface area (Å²) in [5.74, 6) is -0.0287. The summed E-state index contributed by atoms with van der Waals surface area (Å²) in [6.45, 7) is 7.80. The zero-order chi connectivity index (χ0) is 24.2. The number of rotatable bonds is 7. The molecule has 2 amide bonds. The Kier molecular flexibility index (Phi) is 7.24. The Morgan fingerprint density at radius 1 is 1.15 bits per heavy atom. The first kappa shape index (κ1) is 23.9. The number of nitrogens with zero attached hydrogens (tertiary/aromatic N) is 2. The van der Waals surface area contributed by atoms with Gasteiger partial charge in [0.25, 0.3) is 0 Å². The standard InChI is InChI=1S/C26H33FN4O3/c1-17(2)19-4-6-20(7-5-19)29-21-10-12-30(13-11-21)25-9-8-22(14-24(25)27)31-16-23(34-26(31)33)15-28-18(3)32/h4-9,14,17,21,23,29H,10-13,15-16H2,1-3H3,(H,28,32)/t23-/m0/s1. The molecule has 2 N–H and O–H groups in total. The van der Waals surface area contributed by atoms with Gasteiger partial charge in [-0.15, -0.1) is 0 Å². The van der Waals surface area contributed by atoms with Crippen LogP contribution in [0.5, 0.6) is 0 Å². The number of anilines is 3. The van der Waals surface area contributed by atoms with Gasteiger partial charge in [-0.3, -0.25) is 9.69 Å². The fourth-order valence-electron chi connectivity index (χ4n) is 4.48. The van der Waals surface area contributed by atoms with Crippen molar-refractivity contribution in [2.24, 2.45) is 0 Å². The normalized spacial score (nSPS) is 18.9. The van der Waals surface area contributed by atoms with E-state index < -0.39 is 12.2 Å². The molecule has 0 aliphatic carbocycles. The van der Waals surface area contributed by atoms with Crippen LogP contribution < -0.4 is 20.4 Å². The lowest BCUT2D eigenvalue weighted by atomic mass is 10.0. The summed E-state index contributed by atoms with van der Waals surface area (Å²) in [6, 6.07) is 13.8. The molecule has 0 aromatic heterocycles. The van der Waals surface area contributed by atoms with Crippen molar-refractivity contribution in [3.05, 3.63) is 53.8 Å². The first-order valence-electron chi connectivity index (χ1n) is 11.9. The van der Waals surface area contributed by atoms with Gasteiger partial charge < -0.3 is 20.3 Å². The minimum atomic E-state index is -0.532. The lowest BCUT2D eigenvalue weighted by Gasteiger charge is -2.34. The summed E-state index contributed by atoms with van der Waals surface area (Å²) in [5.41, 5.74) is 3.45. The van der Waals surface area contributed by atoms with Crippen molar-refractivity contribution >= 4 is 29.1 Å². The van der Waals surface area contributed by atoms with E-state index in [0.717, 1.165) is 31.6 Å². The number of benzene rings is 2. The second kappa shape index (κ2) is 10.3. The molecule has 2 aliphatic rings. The highest BCUT2D eigenvalue weighted by molar-refractivity contribution is 5.90. The Bertz CT molecular complexity index is 1020. The smallest absolute Gasteiger partial charge is 0.414 e. The minimum absolute atomic E-state index is 0.187. The molecule has 0 bridgehead atoms. The molecular formula is C26H33FN4O3. The van der Waals surface area contributed by atoms with E-state index in [0.29, 0.717) is 23.3 Å². The number of hydrogen-bond donors (Lipinski definition) is 2. The van der Waals surface area contributed by atoms with Gasteiger partial charge in [0.2, 0.25) is 5.91 Å². The average molecular weight is 469 g/mol. The Labute approximate surface area is 200 Å². The fraction of sp³-hybridized carbons (Fsp3) is 0.462. The Morgan fingerprint density at radius 3 is 2.47 bits per heavy atom. The Morgan fingerprint density at radius 2 is 1.85 bits per heavy atom. The molecule has 0 saturated carbocycles. The monoisotopic (exact) mass is 468 g/mol. The third-order valence-electron chi connectivity index (χ3n) is 6.48. The van der Waals surface area contributed by atoms with E-state index in [4.69, 9.17) is 4.74 Å². The van der Waals surface area contributed by atoms with Crippen LogP contribution in [0.3, 0.4) is 0 Å². The van der Waals surface area contributed by atoms with Gasteiger partial charge in [-0.05, 0) is 54.7 Å². The van der Waals surface area contributed by atoms with Crippen molar-refractivity contribution in [2.45, 2.75) is 51.7 Å². The van der Waals surface area contributed by atoms with Crippen molar-refractivity contribution in [3.8, 4) is 0 Å². The molecular weight excluding hydrogens is 435 g/mol. The molecule has 0 unspecified atom stereocenters. The molecule has 2 saturated heterocycles. The molecule has 4 rings (SSSR count). The van der Waals surface area contributed by atoms with Crippen molar-refractivity contribution in [2.75, 3.05) is 41.3 Å². The molecule has 7 nitrogen and oxygen atoms in total. The second-order valence-electron chi connectivity index (χ2n) is 9.37. The van der Waals surface area contributed by atoms with Gasteiger partial charge in [0.05, 0.1) is 24.5 Å². The number of halogens is 1. The van der Waals surface area contributed by atoms with Crippen LogP contribution in [-0.2, 0) is 9.53 Å². The van der Waals surface area contributed by atoms with E-state index in [-0.39, 0.29) is 24.8 Å². The second-order valence-corrected chi connectivity index (χ2v) is 9.37. The molecule has 0 spiro atoms. The first-order valence-corrected chi connectivity index (χ1v) is 11.9. The molecule has 1 atom stereocenters. The van der Waals surface area contributed by atoms with Crippen molar-refractivity contribution in [3.63, 3.8) is 0 Å². The minimum Gasteiger partial charge on any atom is -0.442 e. The van der Waals surface area contributed by atoms with E-state index >= 15 is 4.39 Å². The summed E-state index contributed by atoms with van der Waals surface area (Å²) < 4.78 is 20.3. The summed E-state index contributed by atoms with van der Waals surface area (Å²) in [5, 5.41) is 6.24. The molecule has 2 fully saturated rings.